The fourth-order valence-electron chi connectivity index (χ4n) is 1.76. The normalized spacial score (nSPS) is 12.4. The van der Waals surface area contributed by atoms with Gasteiger partial charge in [-0.15, -0.1) is 0 Å². The first-order chi connectivity index (χ1) is 9.66. The Hall–Kier alpha value is -1.61. The second-order valence-corrected chi connectivity index (χ2v) is 6.89. The van der Waals surface area contributed by atoms with Gasteiger partial charge in [0.2, 0.25) is 0 Å². The van der Waals surface area contributed by atoms with E-state index in [1.165, 1.54) is 5.56 Å². The highest BCUT2D eigenvalue weighted by molar-refractivity contribution is 9.11. The summed E-state index contributed by atoms with van der Waals surface area (Å²) in [6, 6.07) is 7.66. The van der Waals surface area contributed by atoms with Crippen LogP contribution in [0.5, 0.6) is 0 Å². The number of carbonyl (C=O) groups excluding carboxylic acids is 1. The average molecular weight is 348 g/mol. The number of rotatable bonds is 4. The molecular formula is C18H22BrNO. The average Bonchev–Trinajstić information content (AvgIpc) is 2.42. The summed E-state index contributed by atoms with van der Waals surface area (Å²) < 4.78 is 0.723. The van der Waals surface area contributed by atoms with Crippen molar-refractivity contribution in [2.45, 2.75) is 33.1 Å². The van der Waals surface area contributed by atoms with Gasteiger partial charge in [-0.1, -0.05) is 62.0 Å². The van der Waals surface area contributed by atoms with Crippen LogP contribution in [0.2, 0.25) is 0 Å². The van der Waals surface area contributed by atoms with Gasteiger partial charge in [0, 0.05) is 15.7 Å². The van der Waals surface area contributed by atoms with Crippen molar-refractivity contribution in [3.63, 3.8) is 0 Å². The van der Waals surface area contributed by atoms with Crippen LogP contribution in [0.1, 0.15) is 43.6 Å². The number of allylic oxidation sites excluding steroid dienone is 3. The Morgan fingerprint density at radius 2 is 1.76 bits per heavy atom. The van der Waals surface area contributed by atoms with E-state index in [0.29, 0.717) is 11.3 Å². The highest BCUT2D eigenvalue weighted by Gasteiger charge is 2.14. The number of halogens is 1. The molecule has 3 heteroatoms. The third kappa shape index (κ3) is 4.71. The zero-order chi connectivity index (χ0) is 16.2. The predicted octanol–water partition coefficient (Wildman–Crippen LogP) is 5.08. The molecule has 0 unspecified atom stereocenters. The van der Waals surface area contributed by atoms with E-state index in [-0.39, 0.29) is 11.3 Å². The van der Waals surface area contributed by atoms with E-state index in [1.54, 1.807) is 6.08 Å². The van der Waals surface area contributed by atoms with E-state index in [1.807, 2.05) is 31.2 Å². The Kier molecular flexibility index (Phi) is 5.73. The first kappa shape index (κ1) is 17.4. The monoisotopic (exact) mass is 347 g/mol. The highest BCUT2D eigenvalue weighted by Crippen LogP contribution is 2.22. The summed E-state index contributed by atoms with van der Waals surface area (Å²) in [5.41, 5.74) is 3.40. The molecule has 0 atom stereocenters. The molecule has 0 bridgehead atoms. The summed E-state index contributed by atoms with van der Waals surface area (Å²) in [6.45, 7) is 15.8. The molecule has 112 valence electrons. The third-order valence-electron chi connectivity index (χ3n) is 3.28. The fourth-order valence-corrected chi connectivity index (χ4v) is 1.97. The molecule has 0 aliphatic heterocycles. The van der Waals surface area contributed by atoms with Gasteiger partial charge in [-0.3, -0.25) is 4.79 Å². The third-order valence-corrected chi connectivity index (χ3v) is 3.87. The van der Waals surface area contributed by atoms with Gasteiger partial charge in [-0.25, -0.2) is 0 Å². The number of nitrogens with one attached hydrogen (secondary N) is 1. The van der Waals surface area contributed by atoms with Crippen molar-refractivity contribution in [2.75, 3.05) is 0 Å². The van der Waals surface area contributed by atoms with Crippen LogP contribution in [0.3, 0.4) is 0 Å². The molecule has 0 aliphatic rings. The van der Waals surface area contributed by atoms with Crippen molar-refractivity contribution >= 4 is 21.8 Å². The maximum Gasteiger partial charge on any atom is 0.255 e. The van der Waals surface area contributed by atoms with Crippen LogP contribution in [-0.4, -0.2) is 5.91 Å². The highest BCUT2D eigenvalue weighted by atomic mass is 79.9. The van der Waals surface area contributed by atoms with Gasteiger partial charge >= 0.3 is 0 Å². The minimum atomic E-state index is -0.154. The summed E-state index contributed by atoms with van der Waals surface area (Å²) in [6.07, 6.45) is 1.61. The second-order valence-electron chi connectivity index (χ2n) is 5.93. The lowest BCUT2D eigenvalue weighted by atomic mass is 9.87. The summed E-state index contributed by atoms with van der Waals surface area (Å²) in [4.78, 5) is 12.3. The first-order valence-electron chi connectivity index (χ1n) is 6.76. The van der Waals surface area contributed by atoms with E-state index in [0.717, 1.165) is 10.1 Å². The molecule has 0 fully saturated rings. The van der Waals surface area contributed by atoms with Crippen molar-refractivity contribution in [3.8, 4) is 0 Å². The van der Waals surface area contributed by atoms with Crippen molar-refractivity contribution in [1.29, 1.82) is 0 Å². The molecule has 0 saturated carbocycles. The van der Waals surface area contributed by atoms with E-state index in [2.05, 4.69) is 55.2 Å². The quantitative estimate of drug-likeness (QED) is 0.755. The van der Waals surface area contributed by atoms with Crippen molar-refractivity contribution < 1.29 is 4.79 Å². The number of hydrogen-bond donors (Lipinski definition) is 1. The Labute approximate surface area is 135 Å². The van der Waals surface area contributed by atoms with E-state index in [4.69, 9.17) is 0 Å². The molecule has 2 nitrogen and oxygen atoms in total. The standard InChI is InChI=1S/C18H22BrNO/c1-7-16(12(2)13(3)19)20-17(21)14-8-10-15(11-9-14)18(4,5)6/h7-11H,1,3H2,2,4-6H3,(H,20,21)/b16-12+. The molecule has 0 spiro atoms. The van der Waals surface area contributed by atoms with Gasteiger partial charge in [-0.2, -0.15) is 0 Å². The molecule has 1 aromatic carbocycles. The number of hydrogen-bond acceptors (Lipinski definition) is 1. The molecule has 1 aromatic rings. The smallest absolute Gasteiger partial charge is 0.255 e. The Bertz CT molecular complexity index is 589. The Morgan fingerprint density at radius 3 is 2.14 bits per heavy atom. The molecule has 0 aromatic heterocycles. The Balaban J connectivity index is 2.97. The van der Waals surface area contributed by atoms with Crippen LogP contribution in [0.25, 0.3) is 0 Å². The van der Waals surface area contributed by atoms with Crippen LogP contribution in [-0.2, 0) is 5.41 Å². The van der Waals surface area contributed by atoms with Gasteiger partial charge in [0.25, 0.3) is 5.91 Å². The lowest BCUT2D eigenvalue weighted by Crippen LogP contribution is -2.23. The SMILES string of the molecule is C=C/C(NC(=O)c1ccc(C(C)(C)C)cc1)=C(/C)C(=C)Br. The van der Waals surface area contributed by atoms with Gasteiger partial charge in [0.05, 0.1) is 0 Å². The minimum Gasteiger partial charge on any atom is -0.322 e. The van der Waals surface area contributed by atoms with Gasteiger partial charge in [0.1, 0.15) is 0 Å². The van der Waals surface area contributed by atoms with E-state index < -0.39 is 0 Å². The molecule has 0 radical (unpaired) electrons. The zero-order valence-corrected chi connectivity index (χ0v) is 14.7. The maximum atomic E-state index is 12.3. The number of benzene rings is 1. The van der Waals surface area contributed by atoms with Crippen LogP contribution in [0, 0.1) is 0 Å². The molecule has 21 heavy (non-hydrogen) atoms. The van der Waals surface area contributed by atoms with Crippen molar-refractivity contribution in [1.82, 2.24) is 5.32 Å². The second kappa shape index (κ2) is 6.90. The van der Waals surface area contributed by atoms with Crippen LogP contribution in [0.15, 0.2) is 59.3 Å². The van der Waals surface area contributed by atoms with E-state index in [9.17, 15) is 4.79 Å². The van der Waals surface area contributed by atoms with Crippen molar-refractivity contribution in [2.24, 2.45) is 0 Å². The van der Waals surface area contributed by atoms with Gasteiger partial charge in [-0.05, 0) is 41.7 Å². The molecule has 0 aliphatic carbocycles. The first-order valence-corrected chi connectivity index (χ1v) is 7.56. The number of carbonyl (C=O) groups is 1. The molecule has 1 rings (SSSR count). The van der Waals surface area contributed by atoms with Gasteiger partial charge < -0.3 is 5.32 Å². The lowest BCUT2D eigenvalue weighted by molar-refractivity contribution is 0.0967. The molecule has 1 amide bonds. The summed E-state index contributed by atoms with van der Waals surface area (Å²) >= 11 is 3.31. The largest absolute Gasteiger partial charge is 0.322 e. The molecule has 0 saturated heterocycles. The van der Waals surface area contributed by atoms with Crippen LogP contribution in [0.4, 0.5) is 0 Å². The molecule has 0 heterocycles. The Morgan fingerprint density at radius 1 is 1.24 bits per heavy atom. The topological polar surface area (TPSA) is 29.1 Å². The van der Waals surface area contributed by atoms with Crippen LogP contribution < -0.4 is 5.32 Å². The zero-order valence-electron chi connectivity index (χ0n) is 13.1. The number of amides is 1. The fraction of sp³-hybridized carbons (Fsp3) is 0.278. The molecular weight excluding hydrogens is 326 g/mol. The summed E-state index contributed by atoms with van der Waals surface area (Å²) in [5.74, 6) is -0.154. The van der Waals surface area contributed by atoms with Gasteiger partial charge in [0.15, 0.2) is 0 Å². The van der Waals surface area contributed by atoms with Crippen LogP contribution >= 0.6 is 15.9 Å². The summed E-state index contributed by atoms with van der Waals surface area (Å²) in [7, 11) is 0. The van der Waals surface area contributed by atoms with Crippen molar-refractivity contribution in [3.05, 3.63) is 70.4 Å². The van der Waals surface area contributed by atoms with E-state index >= 15 is 0 Å². The maximum absolute atomic E-state index is 12.3. The minimum absolute atomic E-state index is 0.0749. The predicted molar refractivity (Wildman–Crippen MR) is 93.6 cm³/mol. The summed E-state index contributed by atoms with van der Waals surface area (Å²) in [5, 5.41) is 2.85. The lowest BCUT2D eigenvalue weighted by Gasteiger charge is -2.19. The molecule has 1 N–H and O–H groups in total.